The van der Waals surface area contributed by atoms with Crippen molar-refractivity contribution in [1.29, 1.82) is 0 Å². The predicted molar refractivity (Wildman–Crippen MR) is 61.7 cm³/mol. The Hall–Kier alpha value is -0.0600. The van der Waals surface area contributed by atoms with E-state index in [9.17, 15) is 0 Å². The summed E-state index contributed by atoms with van der Waals surface area (Å²) in [6, 6.07) is 5.87. The van der Waals surface area contributed by atoms with Crippen molar-refractivity contribution in [2.24, 2.45) is 0 Å². The van der Waals surface area contributed by atoms with E-state index in [1.165, 1.54) is 0 Å². The maximum atomic E-state index is 5.59. The molecule has 76 valence electrons. The van der Waals surface area contributed by atoms with Crippen molar-refractivity contribution in [2.75, 3.05) is 13.2 Å². The molecule has 0 radical (unpaired) electrons. The Balaban J connectivity index is 1.94. The van der Waals surface area contributed by atoms with Crippen LogP contribution < -0.4 is 4.74 Å². The molecule has 2 nitrogen and oxygen atoms in total. The largest absolute Gasteiger partial charge is 0.491 e. The van der Waals surface area contributed by atoms with E-state index in [0.717, 1.165) is 27.7 Å². The highest BCUT2D eigenvalue weighted by Crippen LogP contribution is 2.25. The van der Waals surface area contributed by atoms with E-state index in [0.29, 0.717) is 6.61 Å². The predicted octanol–water partition coefficient (Wildman–Crippen LogP) is 3.38. The summed E-state index contributed by atoms with van der Waals surface area (Å²) in [5.74, 6) is 0.863. The Morgan fingerprint density at radius 3 is 2.43 bits per heavy atom. The molecule has 0 aromatic heterocycles. The summed E-state index contributed by atoms with van der Waals surface area (Å²) in [7, 11) is 0. The van der Waals surface area contributed by atoms with Crippen molar-refractivity contribution in [3.05, 3.63) is 27.1 Å². The molecule has 1 fully saturated rings. The first-order valence-electron chi connectivity index (χ1n) is 4.44. The van der Waals surface area contributed by atoms with E-state index in [-0.39, 0.29) is 6.10 Å². The number of halogens is 2. The van der Waals surface area contributed by atoms with Crippen LogP contribution in [0, 0.1) is 0 Å². The highest BCUT2D eigenvalue weighted by Gasteiger charge is 2.18. The maximum Gasteiger partial charge on any atom is 0.121 e. The summed E-state index contributed by atoms with van der Waals surface area (Å²) in [5, 5.41) is 0. The minimum atomic E-state index is 0.285. The van der Waals surface area contributed by atoms with Gasteiger partial charge in [-0.1, -0.05) is 31.9 Å². The van der Waals surface area contributed by atoms with Gasteiger partial charge in [0.05, 0.1) is 6.10 Å². The van der Waals surface area contributed by atoms with Crippen LogP contribution >= 0.6 is 31.9 Å². The molecule has 0 aliphatic carbocycles. The third-order valence-corrected chi connectivity index (χ3v) is 2.98. The van der Waals surface area contributed by atoms with E-state index in [4.69, 9.17) is 9.47 Å². The van der Waals surface area contributed by atoms with Crippen LogP contribution in [0.2, 0.25) is 0 Å². The lowest BCUT2D eigenvalue weighted by molar-refractivity contribution is -0.0721. The zero-order chi connectivity index (χ0) is 9.97. The lowest BCUT2D eigenvalue weighted by Crippen LogP contribution is -2.32. The molecule has 1 aliphatic rings. The van der Waals surface area contributed by atoms with Gasteiger partial charge in [0.15, 0.2) is 0 Å². The van der Waals surface area contributed by atoms with Gasteiger partial charge in [-0.3, -0.25) is 0 Å². The fourth-order valence-electron chi connectivity index (χ4n) is 1.22. The van der Waals surface area contributed by atoms with Gasteiger partial charge in [0.1, 0.15) is 12.4 Å². The molecular formula is C10H10Br2O2. The van der Waals surface area contributed by atoms with Gasteiger partial charge in [0.2, 0.25) is 0 Å². The SMILES string of the molecule is Brc1cc(Br)cc(OCC2CCO2)c1. The molecule has 0 spiro atoms. The van der Waals surface area contributed by atoms with Crippen molar-refractivity contribution in [2.45, 2.75) is 12.5 Å². The Kier molecular flexibility index (Phi) is 3.47. The monoisotopic (exact) mass is 320 g/mol. The summed E-state index contributed by atoms with van der Waals surface area (Å²) in [6.45, 7) is 1.51. The van der Waals surface area contributed by atoms with E-state index < -0.39 is 0 Å². The summed E-state index contributed by atoms with van der Waals surface area (Å²) < 4.78 is 12.9. The van der Waals surface area contributed by atoms with Crippen molar-refractivity contribution >= 4 is 31.9 Å². The van der Waals surface area contributed by atoms with Crippen LogP contribution in [0.3, 0.4) is 0 Å². The van der Waals surface area contributed by atoms with Gasteiger partial charge in [0, 0.05) is 22.0 Å². The van der Waals surface area contributed by atoms with E-state index in [2.05, 4.69) is 31.9 Å². The summed E-state index contributed by atoms with van der Waals surface area (Å²) in [6.07, 6.45) is 1.39. The topological polar surface area (TPSA) is 18.5 Å². The summed E-state index contributed by atoms with van der Waals surface area (Å²) >= 11 is 6.82. The molecule has 1 heterocycles. The van der Waals surface area contributed by atoms with E-state index in [1.807, 2.05) is 18.2 Å². The van der Waals surface area contributed by atoms with E-state index in [1.54, 1.807) is 0 Å². The van der Waals surface area contributed by atoms with Gasteiger partial charge in [0.25, 0.3) is 0 Å². The second-order valence-electron chi connectivity index (χ2n) is 3.20. The molecule has 0 N–H and O–H groups in total. The van der Waals surface area contributed by atoms with Crippen LogP contribution in [0.25, 0.3) is 0 Å². The number of hydrogen-bond acceptors (Lipinski definition) is 2. The standard InChI is InChI=1S/C10H10Br2O2/c11-7-3-8(12)5-10(4-7)14-6-9-1-2-13-9/h3-5,9H,1-2,6H2. The van der Waals surface area contributed by atoms with Crippen molar-refractivity contribution in [3.63, 3.8) is 0 Å². The number of hydrogen-bond donors (Lipinski definition) is 0. The molecule has 1 unspecified atom stereocenters. The van der Waals surface area contributed by atoms with Gasteiger partial charge < -0.3 is 9.47 Å². The first-order chi connectivity index (χ1) is 6.74. The van der Waals surface area contributed by atoms with Crippen molar-refractivity contribution in [1.82, 2.24) is 0 Å². The number of benzene rings is 1. The molecule has 0 amide bonds. The van der Waals surface area contributed by atoms with Crippen LogP contribution in [-0.4, -0.2) is 19.3 Å². The molecule has 1 saturated heterocycles. The lowest BCUT2D eigenvalue weighted by atomic mass is 10.2. The van der Waals surface area contributed by atoms with Crippen LogP contribution in [0.15, 0.2) is 27.1 Å². The normalized spacial score (nSPS) is 20.3. The fourth-order valence-corrected chi connectivity index (χ4v) is 2.47. The highest BCUT2D eigenvalue weighted by molar-refractivity contribution is 9.11. The molecule has 14 heavy (non-hydrogen) atoms. The fraction of sp³-hybridized carbons (Fsp3) is 0.400. The maximum absolute atomic E-state index is 5.59. The molecule has 1 atom stereocenters. The molecule has 4 heteroatoms. The van der Waals surface area contributed by atoms with Crippen LogP contribution in [0.4, 0.5) is 0 Å². The average molecular weight is 322 g/mol. The van der Waals surface area contributed by atoms with Gasteiger partial charge in [-0.05, 0) is 18.2 Å². The molecule has 1 aromatic rings. The van der Waals surface area contributed by atoms with Gasteiger partial charge in [-0.25, -0.2) is 0 Å². The number of ether oxygens (including phenoxy) is 2. The molecule has 0 bridgehead atoms. The van der Waals surface area contributed by atoms with Gasteiger partial charge >= 0.3 is 0 Å². The van der Waals surface area contributed by atoms with Crippen molar-refractivity contribution < 1.29 is 9.47 Å². The molecular weight excluding hydrogens is 312 g/mol. The van der Waals surface area contributed by atoms with Crippen LogP contribution in [-0.2, 0) is 4.74 Å². The zero-order valence-electron chi connectivity index (χ0n) is 7.50. The van der Waals surface area contributed by atoms with Crippen molar-refractivity contribution in [3.8, 4) is 5.75 Å². The molecule has 1 aromatic carbocycles. The summed E-state index contributed by atoms with van der Waals surface area (Å²) in [5.41, 5.74) is 0. The van der Waals surface area contributed by atoms with E-state index >= 15 is 0 Å². The quantitative estimate of drug-likeness (QED) is 0.849. The Morgan fingerprint density at radius 1 is 1.29 bits per heavy atom. The first-order valence-corrected chi connectivity index (χ1v) is 6.03. The van der Waals surface area contributed by atoms with Crippen LogP contribution in [0.1, 0.15) is 6.42 Å². The molecule has 2 rings (SSSR count). The number of rotatable bonds is 3. The third kappa shape index (κ3) is 2.72. The minimum absolute atomic E-state index is 0.285. The second-order valence-corrected chi connectivity index (χ2v) is 5.03. The third-order valence-electron chi connectivity index (χ3n) is 2.07. The summed E-state index contributed by atoms with van der Waals surface area (Å²) in [4.78, 5) is 0. The van der Waals surface area contributed by atoms with Crippen LogP contribution in [0.5, 0.6) is 5.75 Å². The Morgan fingerprint density at radius 2 is 1.93 bits per heavy atom. The highest BCUT2D eigenvalue weighted by atomic mass is 79.9. The van der Waals surface area contributed by atoms with Gasteiger partial charge in [-0.2, -0.15) is 0 Å². The second kappa shape index (κ2) is 4.64. The van der Waals surface area contributed by atoms with Gasteiger partial charge in [-0.15, -0.1) is 0 Å². The minimum Gasteiger partial charge on any atom is -0.491 e. The first kappa shape index (κ1) is 10.5. The molecule has 1 aliphatic heterocycles. The lowest BCUT2D eigenvalue weighted by Gasteiger charge is -2.26. The zero-order valence-corrected chi connectivity index (χ0v) is 10.7. The Bertz CT molecular complexity index is 304. The Labute approximate surface area is 99.8 Å². The smallest absolute Gasteiger partial charge is 0.121 e. The molecule has 0 saturated carbocycles. The average Bonchev–Trinajstić information content (AvgIpc) is 1.99.